The van der Waals surface area contributed by atoms with Crippen LogP contribution in [-0.2, 0) is 13.1 Å². The van der Waals surface area contributed by atoms with Crippen LogP contribution in [0.5, 0.6) is 0 Å². The molecule has 15 heavy (non-hydrogen) atoms. The number of primary amides is 1. The van der Waals surface area contributed by atoms with Gasteiger partial charge in [-0.3, -0.25) is 0 Å². The maximum absolute atomic E-state index is 10.5. The molecule has 4 nitrogen and oxygen atoms in total. The molecule has 0 bridgehead atoms. The van der Waals surface area contributed by atoms with Crippen molar-refractivity contribution in [1.29, 1.82) is 0 Å². The summed E-state index contributed by atoms with van der Waals surface area (Å²) < 4.78 is 0. The monoisotopic (exact) mass is 207 g/mol. The number of urea groups is 1. The van der Waals surface area contributed by atoms with Crippen LogP contribution in [0.15, 0.2) is 24.3 Å². The minimum Gasteiger partial charge on any atom is -0.352 e. The molecule has 1 aromatic carbocycles. The van der Waals surface area contributed by atoms with E-state index in [9.17, 15) is 4.79 Å². The second-order valence-corrected chi connectivity index (χ2v) is 3.78. The third-order valence-corrected chi connectivity index (χ3v) is 1.96. The van der Waals surface area contributed by atoms with Gasteiger partial charge in [0, 0.05) is 13.1 Å². The fraction of sp³-hybridized carbons (Fsp3) is 0.364. The zero-order valence-electron chi connectivity index (χ0n) is 9.16. The third-order valence-electron chi connectivity index (χ3n) is 1.96. The summed E-state index contributed by atoms with van der Waals surface area (Å²) >= 11 is 0. The highest BCUT2D eigenvalue weighted by molar-refractivity contribution is 5.71. The summed E-state index contributed by atoms with van der Waals surface area (Å²) in [5, 5.41) is 2.57. The number of amides is 2. The molecule has 0 aromatic heterocycles. The Morgan fingerprint density at radius 2 is 2.07 bits per heavy atom. The van der Waals surface area contributed by atoms with Crippen LogP contribution in [0.1, 0.15) is 11.1 Å². The van der Waals surface area contributed by atoms with Gasteiger partial charge >= 0.3 is 6.03 Å². The fourth-order valence-corrected chi connectivity index (χ4v) is 1.39. The standard InChI is InChI=1S/C11H17N3O/c1-14(2)8-10-5-3-4-9(6-10)7-13-11(12)15/h3-6H,7-8H2,1-2H3,(H3,12,13,15). The zero-order valence-corrected chi connectivity index (χ0v) is 9.16. The Morgan fingerprint density at radius 3 is 2.67 bits per heavy atom. The number of rotatable bonds is 4. The lowest BCUT2D eigenvalue weighted by atomic mass is 10.1. The van der Waals surface area contributed by atoms with Gasteiger partial charge in [0.15, 0.2) is 0 Å². The molecule has 0 atom stereocenters. The van der Waals surface area contributed by atoms with E-state index in [2.05, 4.69) is 22.3 Å². The lowest BCUT2D eigenvalue weighted by Gasteiger charge is -2.10. The van der Waals surface area contributed by atoms with Crippen LogP contribution < -0.4 is 11.1 Å². The number of carbonyl (C=O) groups excluding carboxylic acids is 1. The first-order valence-corrected chi connectivity index (χ1v) is 4.84. The van der Waals surface area contributed by atoms with Gasteiger partial charge < -0.3 is 16.0 Å². The van der Waals surface area contributed by atoms with Crippen LogP contribution in [-0.4, -0.2) is 25.0 Å². The Bertz CT molecular complexity index is 336. The molecule has 0 aliphatic rings. The summed E-state index contributed by atoms with van der Waals surface area (Å²) in [6, 6.07) is 7.59. The van der Waals surface area contributed by atoms with E-state index in [1.807, 2.05) is 26.2 Å². The van der Waals surface area contributed by atoms with E-state index in [0.717, 1.165) is 12.1 Å². The molecule has 82 valence electrons. The highest BCUT2D eigenvalue weighted by Crippen LogP contribution is 2.06. The van der Waals surface area contributed by atoms with E-state index in [0.29, 0.717) is 6.54 Å². The van der Waals surface area contributed by atoms with Crippen molar-refractivity contribution in [2.24, 2.45) is 5.73 Å². The van der Waals surface area contributed by atoms with Gasteiger partial charge in [0.2, 0.25) is 0 Å². The van der Waals surface area contributed by atoms with Crippen molar-refractivity contribution in [3.63, 3.8) is 0 Å². The van der Waals surface area contributed by atoms with E-state index < -0.39 is 6.03 Å². The van der Waals surface area contributed by atoms with Crippen molar-refractivity contribution in [3.8, 4) is 0 Å². The van der Waals surface area contributed by atoms with E-state index in [1.54, 1.807) is 0 Å². The maximum atomic E-state index is 10.5. The van der Waals surface area contributed by atoms with Crippen molar-refractivity contribution < 1.29 is 4.79 Å². The van der Waals surface area contributed by atoms with E-state index >= 15 is 0 Å². The molecule has 0 aliphatic heterocycles. The van der Waals surface area contributed by atoms with Crippen LogP contribution >= 0.6 is 0 Å². The summed E-state index contributed by atoms with van der Waals surface area (Å²) in [4.78, 5) is 12.6. The van der Waals surface area contributed by atoms with E-state index in [4.69, 9.17) is 5.73 Å². The van der Waals surface area contributed by atoms with Crippen LogP contribution in [0.3, 0.4) is 0 Å². The number of hydrogen-bond acceptors (Lipinski definition) is 2. The molecule has 0 spiro atoms. The molecule has 0 fully saturated rings. The second kappa shape index (κ2) is 5.36. The summed E-state index contributed by atoms with van der Waals surface area (Å²) in [5.74, 6) is 0. The summed E-state index contributed by atoms with van der Waals surface area (Å²) in [6.45, 7) is 1.38. The van der Waals surface area contributed by atoms with Crippen molar-refractivity contribution in [3.05, 3.63) is 35.4 Å². The lowest BCUT2D eigenvalue weighted by Crippen LogP contribution is -2.28. The van der Waals surface area contributed by atoms with E-state index in [1.165, 1.54) is 5.56 Å². The van der Waals surface area contributed by atoms with Crippen LogP contribution in [0.2, 0.25) is 0 Å². The largest absolute Gasteiger partial charge is 0.352 e. The molecule has 0 heterocycles. The fourth-order valence-electron chi connectivity index (χ4n) is 1.39. The van der Waals surface area contributed by atoms with Crippen molar-refractivity contribution >= 4 is 6.03 Å². The molecule has 2 amide bonds. The molecular formula is C11H17N3O. The number of nitrogens with two attached hydrogens (primary N) is 1. The molecule has 0 aliphatic carbocycles. The normalized spacial score (nSPS) is 10.3. The highest BCUT2D eigenvalue weighted by atomic mass is 16.2. The van der Waals surface area contributed by atoms with Crippen molar-refractivity contribution in [1.82, 2.24) is 10.2 Å². The van der Waals surface area contributed by atoms with E-state index in [-0.39, 0.29) is 0 Å². The topological polar surface area (TPSA) is 58.4 Å². The first kappa shape index (κ1) is 11.5. The Labute approximate surface area is 90.1 Å². The SMILES string of the molecule is CN(C)Cc1cccc(CNC(N)=O)c1. The quantitative estimate of drug-likeness (QED) is 0.771. The van der Waals surface area contributed by atoms with Gasteiger partial charge in [-0.15, -0.1) is 0 Å². The second-order valence-electron chi connectivity index (χ2n) is 3.78. The van der Waals surface area contributed by atoms with Crippen LogP contribution in [0, 0.1) is 0 Å². The van der Waals surface area contributed by atoms with Crippen molar-refractivity contribution in [2.45, 2.75) is 13.1 Å². The molecule has 3 N–H and O–H groups in total. The van der Waals surface area contributed by atoms with Gasteiger partial charge in [-0.1, -0.05) is 24.3 Å². The molecule has 0 unspecified atom stereocenters. The molecule has 4 heteroatoms. The maximum Gasteiger partial charge on any atom is 0.312 e. The Morgan fingerprint density at radius 1 is 1.40 bits per heavy atom. The molecule has 1 aromatic rings. The van der Waals surface area contributed by atoms with Gasteiger partial charge in [0.1, 0.15) is 0 Å². The minimum absolute atomic E-state index is 0.483. The van der Waals surface area contributed by atoms with Crippen LogP contribution in [0.4, 0.5) is 4.79 Å². The average molecular weight is 207 g/mol. The zero-order chi connectivity index (χ0) is 11.3. The predicted molar refractivity (Wildman–Crippen MR) is 60.3 cm³/mol. The number of hydrogen-bond donors (Lipinski definition) is 2. The minimum atomic E-state index is -0.493. The first-order chi connectivity index (χ1) is 7.08. The Hall–Kier alpha value is -1.55. The summed E-state index contributed by atoms with van der Waals surface area (Å²) in [7, 11) is 4.04. The van der Waals surface area contributed by atoms with Crippen LogP contribution in [0.25, 0.3) is 0 Å². The van der Waals surface area contributed by atoms with Gasteiger partial charge in [-0.05, 0) is 25.2 Å². The molecular weight excluding hydrogens is 190 g/mol. The molecule has 0 saturated heterocycles. The molecule has 1 rings (SSSR count). The van der Waals surface area contributed by atoms with Gasteiger partial charge in [-0.2, -0.15) is 0 Å². The number of benzene rings is 1. The molecule has 0 radical (unpaired) electrons. The first-order valence-electron chi connectivity index (χ1n) is 4.84. The number of nitrogens with zero attached hydrogens (tertiary/aromatic N) is 1. The van der Waals surface area contributed by atoms with Gasteiger partial charge in [0.25, 0.3) is 0 Å². The lowest BCUT2D eigenvalue weighted by molar-refractivity contribution is 0.248. The van der Waals surface area contributed by atoms with Gasteiger partial charge in [-0.25, -0.2) is 4.79 Å². The van der Waals surface area contributed by atoms with Gasteiger partial charge in [0.05, 0.1) is 0 Å². The number of nitrogens with one attached hydrogen (secondary N) is 1. The Kier molecular flexibility index (Phi) is 4.12. The average Bonchev–Trinajstić information content (AvgIpc) is 2.14. The smallest absolute Gasteiger partial charge is 0.312 e. The summed E-state index contributed by atoms with van der Waals surface area (Å²) in [6.07, 6.45) is 0. The van der Waals surface area contributed by atoms with Crippen molar-refractivity contribution in [2.75, 3.05) is 14.1 Å². The molecule has 0 saturated carbocycles. The third kappa shape index (κ3) is 4.46. The summed E-state index contributed by atoms with van der Waals surface area (Å²) in [5.41, 5.74) is 7.29. The number of carbonyl (C=O) groups is 1. The highest BCUT2D eigenvalue weighted by Gasteiger charge is 1.98. The Balaban J connectivity index is 2.61. The predicted octanol–water partition coefficient (Wildman–Crippen LogP) is 0.916.